The third kappa shape index (κ3) is 3.34. The first-order valence-electron chi connectivity index (χ1n) is 14.0. The Morgan fingerprint density at radius 2 is 1.75 bits per heavy atom. The summed E-state index contributed by atoms with van der Waals surface area (Å²) >= 11 is 0. The van der Waals surface area contributed by atoms with Crippen LogP contribution in [-0.4, -0.2) is 23.8 Å². The van der Waals surface area contributed by atoms with Crippen LogP contribution in [-0.2, 0) is 14.3 Å². The van der Waals surface area contributed by atoms with Crippen LogP contribution in [0.3, 0.4) is 0 Å². The third-order valence-electron chi connectivity index (χ3n) is 11.6. The molecule has 10 atom stereocenters. The highest BCUT2D eigenvalue weighted by atomic mass is 16.6. The van der Waals surface area contributed by atoms with Crippen molar-refractivity contribution in [3.05, 3.63) is 0 Å². The van der Waals surface area contributed by atoms with Crippen molar-refractivity contribution in [2.45, 2.75) is 130 Å². The van der Waals surface area contributed by atoms with Crippen LogP contribution in [0, 0.1) is 46.3 Å². The molecular formula is C29H48O3. The molecule has 182 valence electrons. The van der Waals surface area contributed by atoms with Crippen molar-refractivity contribution in [3.8, 4) is 0 Å². The van der Waals surface area contributed by atoms with Gasteiger partial charge in [-0.2, -0.15) is 0 Å². The summed E-state index contributed by atoms with van der Waals surface area (Å²) < 4.78 is 12.2. The first-order valence-corrected chi connectivity index (χ1v) is 14.0. The van der Waals surface area contributed by atoms with Gasteiger partial charge < -0.3 is 9.47 Å². The average Bonchev–Trinajstić information content (AvgIpc) is 3.36. The van der Waals surface area contributed by atoms with Crippen LogP contribution in [0.2, 0.25) is 0 Å². The van der Waals surface area contributed by atoms with Gasteiger partial charge in [0.2, 0.25) is 0 Å². The molecule has 3 heteroatoms. The summed E-state index contributed by atoms with van der Waals surface area (Å²) in [7, 11) is 0. The van der Waals surface area contributed by atoms with E-state index in [1.165, 1.54) is 64.2 Å². The Hall–Kier alpha value is -0.570. The summed E-state index contributed by atoms with van der Waals surface area (Å²) in [5, 5.41) is 0. The lowest BCUT2D eigenvalue weighted by Gasteiger charge is -2.60. The van der Waals surface area contributed by atoms with E-state index in [2.05, 4.69) is 34.6 Å². The molecule has 3 nitrogen and oxygen atoms in total. The van der Waals surface area contributed by atoms with Crippen molar-refractivity contribution in [2.75, 3.05) is 0 Å². The zero-order valence-electron chi connectivity index (χ0n) is 21.6. The molecule has 5 fully saturated rings. The van der Waals surface area contributed by atoms with E-state index in [9.17, 15) is 4.79 Å². The van der Waals surface area contributed by atoms with E-state index in [0.29, 0.717) is 5.41 Å². The molecule has 0 unspecified atom stereocenters. The molecule has 0 radical (unpaired) electrons. The highest BCUT2D eigenvalue weighted by Crippen LogP contribution is 2.73. The third-order valence-corrected chi connectivity index (χ3v) is 11.6. The molecule has 4 saturated carbocycles. The molecule has 0 amide bonds. The summed E-state index contributed by atoms with van der Waals surface area (Å²) in [6.45, 7) is 14.1. The number of ether oxygens (including phenoxy) is 2. The first kappa shape index (κ1) is 23.2. The van der Waals surface area contributed by atoms with Crippen molar-refractivity contribution >= 4 is 5.97 Å². The van der Waals surface area contributed by atoms with E-state index < -0.39 is 0 Å². The van der Waals surface area contributed by atoms with Gasteiger partial charge in [0, 0.05) is 12.3 Å². The van der Waals surface area contributed by atoms with Crippen LogP contribution in [0.1, 0.15) is 112 Å². The van der Waals surface area contributed by atoms with Gasteiger partial charge in [-0.1, -0.05) is 53.9 Å². The number of hydrogen-bond acceptors (Lipinski definition) is 3. The minimum absolute atomic E-state index is 0.00240. The number of fused-ring (bicyclic) bond motifs is 4. The maximum absolute atomic E-state index is 11.6. The van der Waals surface area contributed by atoms with Crippen LogP contribution in [0.25, 0.3) is 0 Å². The monoisotopic (exact) mass is 444 g/mol. The quantitative estimate of drug-likeness (QED) is 0.322. The number of esters is 1. The molecule has 32 heavy (non-hydrogen) atoms. The predicted octanol–water partition coefficient (Wildman–Crippen LogP) is 7.17. The second kappa shape index (κ2) is 7.99. The van der Waals surface area contributed by atoms with Crippen LogP contribution in [0.4, 0.5) is 0 Å². The second-order valence-electron chi connectivity index (χ2n) is 13.5. The zero-order chi connectivity index (χ0) is 22.9. The van der Waals surface area contributed by atoms with Gasteiger partial charge >= 0.3 is 5.97 Å². The van der Waals surface area contributed by atoms with Gasteiger partial charge in [0.05, 0.1) is 0 Å². The molecule has 1 aliphatic heterocycles. The largest absolute Gasteiger partial charge is 0.460 e. The van der Waals surface area contributed by atoms with Gasteiger partial charge in [0.25, 0.3) is 0 Å². The Bertz CT molecular complexity index is 732. The SMILES string of the molecule is CC(=O)O[C@@H]1CC[C@]2(C)[C@@H]3CC[C@@]4(C)[C@@H](CC[C@H]4[C@H](C)CCCC(C)C)[C@H]3CC[C@]23O[C@H]13. The lowest BCUT2D eigenvalue weighted by atomic mass is 9.44. The van der Waals surface area contributed by atoms with Crippen LogP contribution in [0.5, 0.6) is 0 Å². The topological polar surface area (TPSA) is 38.8 Å². The van der Waals surface area contributed by atoms with Gasteiger partial charge in [-0.3, -0.25) is 4.79 Å². The Kier molecular flexibility index (Phi) is 5.79. The number of carbonyl (C=O) groups excluding carboxylic acids is 1. The number of carbonyl (C=O) groups is 1. The van der Waals surface area contributed by atoms with Crippen molar-refractivity contribution in [2.24, 2.45) is 46.3 Å². The molecule has 0 aromatic heterocycles. The summed E-state index contributed by atoms with van der Waals surface area (Å²) in [6.07, 6.45) is 14.8. The minimum Gasteiger partial charge on any atom is -0.460 e. The molecule has 5 rings (SSSR count). The van der Waals surface area contributed by atoms with Crippen molar-refractivity contribution in [1.82, 2.24) is 0 Å². The van der Waals surface area contributed by atoms with Crippen molar-refractivity contribution in [1.29, 1.82) is 0 Å². The predicted molar refractivity (Wildman–Crippen MR) is 128 cm³/mol. The highest BCUT2D eigenvalue weighted by Gasteiger charge is 2.76. The van der Waals surface area contributed by atoms with Gasteiger partial charge in [-0.25, -0.2) is 0 Å². The number of hydrogen-bond donors (Lipinski definition) is 0. The second-order valence-corrected chi connectivity index (χ2v) is 13.5. The zero-order valence-corrected chi connectivity index (χ0v) is 21.6. The molecule has 1 heterocycles. The normalized spacial score (nSPS) is 50.1. The Morgan fingerprint density at radius 1 is 0.969 bits per heavy atom. The Labute approximate surface area is 196 Å². The van der Waals surface area contributed by atoms with Gasteiger partial charge in [-0.05, 0) is 92.3 Å². The van der Waals surface area contributed by atoms with Crippen LogP contribution in [0.15, 0.2) is 0 Å². The molecule has 5 aliphatic rings. The fourth-order valence-electron chi connectivity index (χ4n) is 10.0. The van der Waals surface area contributed by atoms with Gasteiger partial charge in [0.1, 0.15) is 17.8 Å². The first-order chi connectivity index (χ1) is 15.1. The average molecular weight is 445 g/mol. The number of rotatable bonds is 6. The van der Waals surface area contributed by atoms with Crippen LogP contribution >= 0.6 is 0 Å². The van der Waals surface area contributed by atoms with E-state index in [0.717, 1.165) is 41.9 Å². The Morgan fingerprint density at radius 3 is 2.47 bits per heavy atom. The molecule has 1 spiro atoms. The van der Waals surface area contributed by atoms with E-state index in [-0.39, 0.29) is 29.2 Å². The fraction of sp³-hybridized carbons (Fsp3) is 0.966. The standard InChI is InChI=1S/C29H48O3/c1-18(2)8-7-9-19(3)22-10-11-23-21-12-17-29-26(32-29)25(31-20(4)30)14-16-28(29,6)24(21)13-15-27(22,23)5/h18-19,21-26H,7-17H2,1-6H3/t19-,21-,22+,23+,24-,25-,26-,27-,28-,29-/m1/s1. The molecule has 4 aliphatic carbocycles. The highest BCUT2D eigenvalue weighted by molar-refractivity contribution is 5.66. The van der Waals surface area contributed by atoms with E-state index in [1.54, 1.807) is 6.92 Å². The maximum Gasteiger partial charge on any atom is 0.302 e. The number of epoxide rings is 1. The van der Waals surface area contributed by atoms with Gasteiger partial charge in [0.15, 0.2) is 0 Å². The molecule has 0 N–H and O–H groups in total. The molecular weight excluding hydrogens is 396 g/mol. The molecule has 0 aromatic rings. The van der Waals surface area contributed by atoms with Crippen LogP contribution < -0.4 is 0 Å². The summed E-state index contributed by atoms with van der Waals surface area (Å²) in [5.74, 6) is 5.08. The van der Waals surface area contributed by atoms with E-state index in [1.807, 2.05) is 0 Å². The smallest absolute Gasteiger partial charge is 0.302 e. The molecule has 0 aromatic carbocycles. The summed E-state index contributed by atoms with van der Waals surface area (Å²) in [4.78, 5) is 11.6. The van der Waals surface area contributed by atoms with E-state index in [4.69, 9.17) is 9.47 Å². The summed E-state index contributed by atoms with van der Waals surface area (Å²) in [5.41, 5.74) is 0.833. The van der Waals surface area contributed by atoms with E-state index >= 15 is 0 Å². The fourth-order valence-corrected chi connectivity index (χ4v) is 10.0. The molecule has 1 saturated heterocycles. The maximum atomic E-state index is 11.6. The minimum atomic E-state index is -0.147. The summed E-state index contributed by atoms with van der Waals surface area (Å²) in [6, 6.07) is 0. The van der Waals surface area contributed by atoms with Crippen molar-refractivity contribution < 1.29 is 14.3 Å². The Balaban J connectivity index is 1.30. The lowest BCUT2D eigenvalue weighted by Crippen LogP contribution is -2.59. The molecule has 0 bridgehead atoms. The lowest BCUT2D eigenvalue weighted by molar-refractivity contribution is -0.152. The van der Waals surface area contributed by atoms with Gasteiger partial charge in [-0.15, -0.1) is 0 Å². The van der Waals surface area contributed by atoms with Crippen molar-refractivity contribution in [3.63, 3.8) is 0 Å².